The number of carbonyl (C=O) groups excluding carboxylic acids is 2. The molecule has 2 amide bonds. The first-order valence-electron chi connectivity index (χ1n) is 11.6. The zero-order valence-corrected chi connectivity index (χ0v) is 19.1. The Morgan fingerprint density at radius 1 is 1.11 bits per heavy atom. The minimum atomic E-state index is -1.22. The van der Waals surface area contributed by atoms with Crippen molar-refractivity contribution in [3.05, 3.63) is 59.7 Å². The number of carbonyl (C=O) groups is 3. The number of rotatable bonds is 8. The number of nitrogens with one attached hydrogen (secondary N) is 1. The number of hydrogen-bond donors (Lipinski definition) is 3. The molecule has 4 rings (SSSR count). The van der Waals surface area contributed by atoms with Gasteiger partial charge < -0.3 is 25.2 Å². The highest BCUT2D eigenvalue weighted by atomic mass is 16.5. The second kappa shape index (κ2) is 10.6. The van der Waals surface area contributed by atoms with Crippen LogP contribution in [-0.2, 0) is 14.3 Å². The molecule has 2 aromatic carbocycles. The molecule has 3 N–H and O–H groups in total. The molecule has 0 saturated carbocycles. The van der Waals surface area contributed by atoms with Crippen LogP contribution in [0.25, 0.3) is 11.1 Å². The molecule has 3 atom stereocenters. The molecule has 2 aliphatic rings. The number of fused-ring (bicyclic) bond motifs is 3. The van der Waals surface area contributed by atoms with E-state index in [2.05, 4.69) is 5.32 Å². The van der Waals surface area contributed by atoms with Crippen LogP contribution in [0.1, 0.15) is 42.7 Å². The number of hydrogen-bond acceptors (Lipinski definition) is 6. The average Bonchev–Trinajstić information content (AvgIpc) is 3.40. The van der Waals surface area contributed by atoms with Crippen LogP contribution in [0.2, 0.25) is 0 Å². The van der Waals surface area contributed by atoms with Crippen LogP contribution in [0.3, 0.4) is 0 Å². The highest BCUT2D eigenvalue weighted by Gasteiger charge is 2.41. The van der Waals surface area contributed by atoms with E-state index in [9.17, 15) is 24.6 Å². The molecule has 1 aliphatic heterocycles. The first-order chi connectivity index (χ1) is 16.9. The fraction of sp³-hybridized carbons (Fsp3) is 0.385. The summed E-state index contributed by atoms with van der Waals surface area (Å²) < 4.78 is 5.53. The third-order valence-corrected chi connectivity index (χ3v) is 6.56. The van der Waals surface area contributed by atoms with Crippen LogP contribution < -0.4 is 5.32 Å². The van der Waals surface area contributed by atoms with E-state index >= 15 is 0 Å². The minimum Gasteiger partial charge on any atom is -0.480 e. The molecular weight excluding hydrogens is 450 g/mol. The number of nitriles is 1. The fourth-order valence-corrected chi connectivity index (χ4v) is 4.92. The van der Waals surface area contributed by atoms with Crippen LogP contribution in [0.4, 0.5) is 4.79 Å². The fourth-order valence-electron chi connectivity index (χ4n) is 4.92. The van der Waals surface area contributed by atoms with Gasteiger partial charge in [-0.05, 0) is 35.1 Å². The summed E-state index contributed by atoms with van der Waals surface area (Å²) in [4.78, 5) is 38.5. The van der Waals surface area contributed by atoms with E-state index < -0.39 is 36.2 Å². The maximum atomic E-state index is 13.1. The number of amides is 2. The molecular formula is C26H27N3O6. The lowest BCUT2D eigenvalue weighted by Gasteiger charge is -2.27. The van der Waals surface area contributed by atoms with E-state index in [4.69, 9.17) is 10.00 Å². The second-order valence-electron chi connectivity index (χ2n) is 8.81. The van der Waals surface area contributed by atoms with Crippen molar-refractivity contribution in [1.29, 1.82) is 5.26 Å². The summed E-state index contributed by atoms with van der Waals surface area (Å²) in [6.45, 7) is -0.0595. The van der Waals surface area contributed by atoms with Gasteiger partial charge in [0.05, 0.1) is 12.2 Å². The lowest BCUT2D eigenvalue weighted by atomic mass is 9.98. The highest BCUT2D eigenvalue weighted by molar-refractivity contribution is 5.90. The summed E-state index contributed by atoms with van der Waals surface area (Å²) >= 11 is 0. The molecule has 0 radical (unpaired) electrons. The van der Waals surface area contributed by atoms with E-state index in [1.807, 2.05) is 54.6 Å². The van der Waals surface area contributed by atoms with Crippen LogP contribution in [-0.4, -0.2) is 64.4 Å². The topological polar surface area (TPSA) is 140 Å². The van der Waals surface area contributed by atoms with Crippen molar-refractivity contribution in [3.63, 3.8) is 0 Å². The number of likely N-dealkylation sites (tertiary alicyclic amines) is 1. The molecule has 1 fully saturated rings. The lowest BCUT2D eigenvalue weighted by Crippen LogP contribution is -2.52. The van der Waals surface area contributed by atoms with Gasteiger partial charge in [-0.3, -0.25) is 4.79 Å². The van der Waals surface area contributed by atoms with Crippen molar-refractivity contribution in [2.24, 2.45) is 0 Å². The van der Waals surface area contributed by atoms with Crippen molar-refractivity contribution in [2.45, 2.75) is 49.8 Å². The summed E-state index contributed by atoms with van der Waals surface area (Å²) in [6.07, 6.45) is -1.15. The summed E-state index contributed by atoms with van der Waals surface area (Å²) in [7, 11) is 0. The third-order valence-electron chi connectivity index (χ3n) is 6.56. The Balaban J connectivity index is 1.45. The molecule has 35 heavy (non-hydrogen) atoms. The maximum absolute atomic E-state index is 13.1. The SMILES string of the molecule is N#CCCCC(NC(=O)OCC1c2ccccc2-c2ccccc21)C(=O)N1CC(O)CC1C(=O)O. The number of aliphatic hydroxyl groups excluding tert-OH is 1. The van der Waals surface area contributed by atoms with Gasteiger partial charge in [-0.1, -0.05) is 48.5 Å². The number of unbranched alkanes of at least 4 members (excludes halogenated alkanes) is 1. The van der Waals surface area contributed by atoms with E-state index in [1.165, 1.54) is 0 Å². The smallest absolute Gasteiger partial charge is 0.407 e. The lowest BCUT2D eigenvalue weighted by molar-refractivity contribution is -0.149. The Morgan fingerprint density at radius 3 is 2.34 bits per heavy atom. The van der Waals surface area contributed by atoms with Gasteiger partial charge in [-0.15, -0.1) is 0 Å². The summed E-state index contributed by atoms with van der Waals surface area (Å²) in [5, 5.41) is 30.8. The molecule has 0 spiro atoms. The van der Waals surface area contributed by atoms with Gasteiger partial charge in [0.15, 0.2) is 0 Å². The predicted octanol–water partition coefficient (Wildman–Crippen LogP) is 2.63. The third kappa shape index (κ3) is 5.12. The molecule has 0 bridgehead atoms. The van der Waals surface area contributed by atoms with Crippen LogP contribution >= 0.6 is 0 Å². The monoisotopic (exact) mass is 477 g/mol. The number of benzene rings is 2. The standard InChI is InChI=1S/C26H27N3O6/c27-12-6-5-11-22(24(31)29-14-16(30)13-23(29)25(32)33)28-26(34)35-15-21-19-9-3-1-7-17(19)18-8-2-4-10-20(18)21/h1-4,7-10,16,21-23,30H,5-6,11,13-15H2,(H,28,34)(H,32,33). The van der Waals surface area contributed by atoms with E-state index in [-0.39, 0.29) is 38.3 Å². The first kappa shape index (κ1) is 24.2. The number of nitrogens with zero attached hydrogens (tertiary/aromatic N) is 2. The van der Waals surface area contributed by atoms with Crippen LogP contribution in [0, 0.1) is 11.3 Å². The van der Waals surface area contributed by atoms with Gasteiger partial charge in [0.2, 0.25) is 5.91 Å². The van der Waals surface area contributed by atoms with Crippen molar-refractivity contribution in [2.75, 3.05) is 13.2 Å². The van der Waals surface area contributed by atoms with Gasteiger partial charge in [-0.25, -0.2) is 9.59 Å². The van der Waals surface area contributed by atoms with Gasteiger partial charge in [0, 0.05) is 25.3 Å². The molecule has 182 valence electrons. The highest BCUT2D eigenvalue weighted by Crippen LogP contribution is 2.44. The summed E-state index contributed by atoms with van der Waals surface area (Å²) in [5.74, 6) is -1.97. The predicted molar refractivity (Wildman–Crippen MR) is 125 cm³/mol. The summed E-state index contributed by atoms with van der Waals surface area (Å²) in [5.41, 5.74) is 4.29. The number of carboxylic acid groups (broad SMARTS) is 1. The molecule has 2 aromatic rings. The number of β-amino-alcohol motifs (C(OH)–C–C–N with tert-alkyl or cyclic N) is 1. The van der Waals surface area contributed by atoms with Crippen molar-refractivity contribution < 1.29 is 29.3 Å². The zero-order valence-electron chi connectivity index (χ0n) is 19.1. The van der Waals surface area contributed by atoms with Crippen molar-refractivity contribution in [3.8, 4) is 17.2 Å². The van der Waals surface area contributed by atoms with Crippen LogP contribution in [0.5, 0.6) is 0 Å². The van der Waals surface area contributed by atoms with E-state index in [1.54, 1.807) is 0 Å². The largest absolute Gasteiger partial charge is 0.480 e. The Kier molecular flexibility index (Phi) is 7.32. The van der Waals surface area contributed by atoms with Crippen molar-refractivity contribution >= 4 is 18.0 Å². The molecule has 0 aromatic heterocycles. The Hall–Kier alpha value is -3.90. The van der Waals surface area contributed by atoms with E-state index in [0.717, 1.165) is 27.2 Å². The molecule has 9 nitrogen and oxygen atoms in total. The van der Waals surface area contributed by atoms with Gasteiger partial charge in [-0.2, -0.15) is 5.26 Å². The van der Waals surface area contributed by atoms with Gasteiger partial charge in [0.25, 0.3) is 0 Å². The average molecular weight is 478 g/mol. The molecule has 1 saturated heterocycles. The normalized spacial score (nSPS) is 19.4. The number of alkyl carbamates (subject to hydrolysis) is 1. The Bertz CT molecular complexity index is 1110. The number of carboxylic acids is 1. The zero-order chi connectivity index (χ0) is 24.9. The number of aliphatic hydroxyl groups is 1. The maximum Gasteiger partial charge on any atom is 0.407 e. The summed E-state index contributed by atoms with van der Waals surface area (Å²) in [6, 6.07) is 15.6. The molecule has 1 heterocycles. The molecule has 3 unspecified atom stereocenters. The number of ether oxygens (including phenoxy) is 1. The molecule has 9 heteroatoms. The van der Waals surface area contributed by atoms with E-state index in [0.29, 0.717) is 6.42 Å². The Labute approximate surface area is 202 Å². The van der Waals surface area contributed by atoms with Crippen molar-refractivity contribution in [1.82, 2.24) is 10.2 Å². The first-order valence-corrected chi connectivity index (χ1v) is 11.6. The second-order valence-corrected chi connectivity index (χ2v) is 8.81. The minimum absolute atomic E-state index is 0.0686. The van der Waals surface area contributed by atoms with Gasteiger partial charge in [0.1, 0.15) is 18.7 Å². The van der Waals surface area contributed by atoms with Gasteiger partial charge >= 0.3 is 12.1 Å². The molecule has 1 aliphatic carbocycles. The Morgan fingerprint density at radius 2 is 1.74 bits per heavy atom. The number of aliphatic carboxylic acids is 1. The van der Waals surface area contributed by atoms with Crippen LogP contribution in [0.15, 0.2) is 48.5 Å². The quantitative estimate of drug-likeness (QED) is 0.497.